The van der Waals surface area contributed by atoms with Gasteiger partial charge in [-0.2, -0.15) is 4.39 Å². The number of anilines is 1. The summed E-state index contributed by atoms with van der Waals surface area (Å²) in [5, 5.41) is 5.94. The molecule has 2 heterocycles. The number of ether oxygens (including phenoxy) is 2. The SMILES string of the molecule is CC.CC(OC(=O)N/C(=C(/N)c1ccc(NC(=O)OC(C)(C)C)cn1)N(C)N)c1ccc(F)nc1Cl. The minimum absolute atomic E-state index is 0.000814. The maximum absolute atomic E-state index is 13.1. The minimum Gasteiger partial charge on any atom is -0.444 e. The summed E-state index contributed by atoms with van der Waals surface area (Å²) < 4.78 is 23.6. The molecule has 198 valence electrons. The number of hydrogen-bond acceptors (Lipinski definition) is 9. The van der Waals surface area contributed by atoms with Crippen LogP contribution < -0.4 is 22.2 Å². The van der Waals surface area contributed by atoms with Gasteiger partial charge in [-0.05, 0) is 52.0 Å². The third-order valence-corrected chi connectivity index (χ3v) is 4.38. The Labute approximate surface area is 215 Å². The molecule has 0 aliphatic rings. The Morgan fingerprint density at radius 1 is 1.17 bits per heavy atom. The van der Waals surface area contributed by atoms with E-state index in [-0.39, 0.29) is 22.4 Å². The summed E-state index contributed by atoms with van der Waals surface area (Å²) in [6.45, 7) is 10.8. The smallest absolute Gasteiger partial charge is 0.413 e. The molecule has 2 rings (SSSR count). The first kappa shape index (κ1) is 30.4. The van der Waals surface area contributed by atoms with Gasteiger partial charge in [0.2, 0.25) is 5.95 Å². The summed E-state index contributed by atoms with van der Waals surface area (Å²) in [5.41, 5.74) is 6.47. The van der Waals surface area contributed by atoms with E-state index in [1.807, 2.05) is 13.8 Å². The number of hydrazine groups is 1. The fraction of sp³-hybridized carbons (Fsp3) is 0.391. The maximum Gasteiger partial charge on any atom is 0.413 e. The van der Waals surface area contributed by atoms with E-state index in [0.29, 0.717) is 11.3 Å². The van der Waals surface area contributed by atoms with Crippen molar-refractivity contribution in [1.29, 1.82) is 0 Å². The lowest BCUT2D eigenvalue weighted by Gasteiger charge is -2.22. The van der Waals surface area contributed by atoms with Gasteiger partial charge in [-0.15, -0.1) is 0 Å². The molecule has 2 aromatic heterocycles. The Bertz CT molecular complexity index is 1070. The average molecular weight is 526 g/mol. The van der Waals surface area contributed by atoms with E-state index in [0.717, 1.165) is 11.1 Å². The molecule has 0 aliphatic carbocycles. The summed E-state index contributed by atoms with van der Waals surface area (Å²) in [6.07, 6.45) is -1.01. The largest absolute Gasteiger partial charge is 0.444 e. The molecule has 0 saturated carbocycles. The highest BCUT2D eigenvalue weighted by Crippen LogP contribution is 2.24. The van der Waals surface area contributed by atoms with Gasteiger partial charge >= 0.3 is 12.2 Å². The van der Waals surface area contributed by atoms with Crippen LogP contribution in [0.25, 0.3) is 5.70 Å². The van der Waals surface area contributed by atoms with E-state index < -0.39 is 29.8 Å². The number of pyridine rings is 2. The molecule has 0 bridgehead atoms. The van der Waals surface area contributed by atoms with Crippen LogP contribution in [0.4, 0.5) is 19.7 Å². The Morgan fingerprint density at radius 3 is 2.31 bits per heavy atom. The van der Waals surface area contributed by atoms with Gasteiger partial charge in [0.1, 0.15) is 22.6 Å². The third kappa shape index (κ3) is 9.55. The van der Waals surface area contributed by atoms with Crippen molar-refractivity contribution < 1.29 is 23.5 Å². The molecular formula is C23H33ClFN7O4. The van der Waals surface area contributed by atoms with Crippen LogP contribution in [-0.2, 0) is 9.47 Å². The van der Waals surface area contributed by atoms with Crippen LogP contribution in [0.2, 0.25) is 5.15 Å². The zero-order chi connectivity index (χ0) is 27.6. The fourth-order valence-electron chi connectivity index (χ4n) is 2.59. The van der Waals surface area contributed by atoms with E-state index in [9.17, 15) is 14.0 Å². The van der Waals surface area contributed by atoms with Crippen LogP contribution in [0.5, 0.6) is 0 Å². The van der Waals surface area contributed by atoms with Crippen LogP contribution in [-0.4, -0.2) is 39.8 Å². The predicted octanol–water partition coefficient (Wildman–Crippen LogP) is 4.52. The monoisotopic (exact) mass is 525 g/mol. The average Bonchev–Trinajstić information content (AvgIpc) is 2.77. The highest BCUT2D eigenvalue weighted by Gasteiger charge is 2.20. The molecule has 0 radical (unpaired) electrons. The van der Waals surface area contributed by atoms with Crippen molar-refractivity contribution >= 4 is 35.2 Å². The van der Waals surface area contributed by atoms with Crippen molar-refractivity contribution in [3.8, 4) is 0 Å². The Hall–Kier alpha value is -3.64. The third-order valence-electron chi connectivity index (χ3n) is 4.08. The van der Waals surface area contributed by atoms with Crippen molar-refractivity contribution in [3.63, 3.8) is 0 Å². The maximum atomic E-state index is 13.1. The molecule has 36 heavy (non-hydrogen) atoms. The van der Waals surface area contributed by atoms with Crippen molar-refractivity contribution in [2.24, 2.45) is 11.6 Å². The minimum atomic E-state index is -0.897. The van der Waals surface area contributed by atoms with Crippen LogP contribution in [0.1, 0.15) is 58.9 Å². The molecule has 0 saturated heterocycles. The molecule has 13 heteroatoms. The Morgan fingerprint density at radius 2 is 1.81 bits per heavy atom. The highest BCUT2D eigenvalue weighted by molar-refractivity contribution is 6.30. The zero-order valence-electron chi connectivity index (χ0n) is 21.3. The fourth-order valence-corrected chi connectivity index (χ4v) is 2.89. The summed E-state index contributed by atoms with van der Waals surface area (Å²) in [5.74, 6) is 5.06. The number of aromatic nitrogens is 2. The number of carbonyl (C=O) groups excluding carboxylic acids is 2. The second kappa shape index (κ2) is 13.4. The first-order chi connectivity index (χ1) is 16.8. The lowest BCUT2D eigenvalue weighted by atomic mass is 10.2. The summed E-state index contributed by atoms with van der Waals surface area (Å²) in [7, 11) is 1.45. The number of rotatable bonds is 6. The second-order valence-electron chi connectivity index (χ2n) is 8.12. The summed E-state index contributed by atoms with van der Waals surface area (Å²) >= 11 is 5.91. The van der Waals surface area contributed by atoms with Crippen LogP contribution >= 0.6 is 11.6 Å². The quantitative estimate of drug-likeness (QED) is 0.241. The van der Waals surface area contributed by atoms with Gasteiger partial charge in [0.15, 0.2) is 5.82 Å². The number of hydrogen-bond donors (Lipinski definition) is 4. The van der Waals surface area contributed by atoms with Crippen molar-refractivity contribution in [3.05, 3.63) is 58.6 Å². The van der Waals surface area contributed by atoms with E-state index in [2.05, 4.69) is 20.6 Å². The molecule has 2 aromatic rings. The topological polar surface area (TPSA) is 158 Å². The summed E-state index contributed by atoms with van der Waals surface area (Å²) in [6, 6.07) is 5.53. The molecule has 0 aliphatic heterocycles. The number of amides is 2. The Kier molecular flexibility index (Phi) is 11.4. The van der Waals surface area contributed by atoms with Crippen LogP contribution in [0.3, 0.4) is 0 Å². The first-order valence-corrected chi connectivity index (χ1v) is 11.4. The molecule has 1 atom stereocenters. The van der Waals surface area contributed by atoms with Gasteiger partial charge in [-0.3, -0.25) is 20.6 Å². The standard InChI is InChI=1S/C21H27ClFN7O4.C2H6/c1-11(13-7-9-15(23)28-17(13)22)33-19(31)29-18(30(5)25)16(24)14-8-6-12(10-26-14)27-20(32)34-21(2,3)4;1-2/h6-11H,24-25H2,1-5H3,(H,27,32)(H,29,31);1-2H3/b18-16-;. The number of halogens is 2. The molecule has 6 N–H and O–H groups in total. The number of nitrogens with zero attached hydrogens (tertiary/aromatic N) is 3. The van der Waals surface area contributed by atoms with E-state index in [1.165, 1.54) is 32.3 Å². The Balaban J connectivity index is 0.00000316. The molecule has 1 unspecified atom stereocenters. The molecule has 0 aromatic carbocycles. The van der Waals surface area contributed by atoms with Gasteiger partial charge in [-0.25, -0.2) is 20.4 Å². The van der Waals surface area contributed by atoms with Crippen molar-refractivity contribution in [2.75, 3.05) is 12.4 Å². The van der Waals surface area contributed by atoms with Gasteiger partial charge in [0.25, 0.3) is 0 Å². The lowest BCUT2D eigenvalue weighted by Crippen LogP contribution is -2.39. The van der Waals surface area contributed by atoms with Gasteiger partial charge in [0, 0.05) is 12.6 Å². The lowest BCUT2D eigenvalue weighted by molar-refractivity contribution is 0.0635. The number of carbonyl (C=O) groups is 2. The second-order valence-corrected chi connectivity index (χ2v) is 8.48. The van der Waals surface area contributed by atoms with Crippen molar-refractivity contribution in [1.82, 2.24) is 20.3 Å². The molecule has 11 nitrogen and oxygen atoms in total. The van der Waals surface area contributed by atoms with Gasteiger partial charge < -0.3 is 15.2 Å². The van der Waals surface area contributed by atoms with Gasteiger partial charge in [-0.1, -0.05) is 25.4 Å². The molecular weight excluding hydrogens is 493 g/mol. The number of nitrogens with one attached hydrogen (secondary N) is 2. The van der Waals surface area contributed by atoms with Crippen LogP contribution in [0.15, 0.2) is 36.3 Å². The van der Waals surface area contributed by atoms with Crippen LogP contribution in [0, 0.1) is 5.95 Å². The van der Waals surface area contributed by atoms with Crippen molar-refractivity contribution in [2.45, 2.75) is 53.2 Å². The molecule has 2 amide bonds. The normalized spacial score (nSPS) is 12.3. The summed E-state index contributed by atoms with van der Waals surface area (Å²) in [4.78, 5) is 32.0. The molecule has 0 fully saturated rings. The predicted molar refractivity (Wildman–Crippen MR) is 136 cm³/mol. The zero-order valence-corrected chi connectivity index (χ0v) is 22.1. The van der Waals surface area contributed by atoms with E-state index in [1.54, 1.807) is 26.8 Å². The highest BCUT2D eigenvalue weighted by atomic mass is 35.5. The number of alkyl carbamates (subject to hydrolysis) is 1. The molecule has 0 spiro atoms. The van der Waals surface area contributed by atoms with E-state index >= 15 is 0 Å². The van der Waals surface area contributed by atoms with Gasteiger partial charge in [0.05, 0.1) is 17.6 Å². The first-order valence-electron chi connectivity index (χ1n) is 11.0. The number of nitrogens with two attached hydrogens (primary N) is 2. The van der Waals surface area contributed by atoms with E-state index in [4.69, 9.17) is 32.7 Å².